The summed E-state index contributed by atoms with van der Waals surface area (Å²) in [5.74, 6) is 3.53. The summed E-state index contributed by atoms with van der Waals surface area (Å²) >= 11 is 0. The molecular weight excluding hydrogens is 599 g/mol. The van der Waals surface area contributed by atoms with Crippen LogP contribution in [0.5, 0.6) is 0 Å². The molecule has 0 aromatic carbocycles. The number of carbonyl (C=O) groups is 1. The van der Waals surface area contributed by atoms with Gasteiger partial charge in [0, 0.05) is 37.9 Å². The Hall–Kier alpha value is -2.76. The lowest BCUT2D eigenvalue weighted by Gasteiger charge is -2.38. The third-order valence-electron chi connectivity index (χ3n) is 8.53. The first-order valence-electron chi connectivity index (χ1n) is 18.5. The molecular formula is C38H66F3N5O. The van der Waals surface area contributed by atoms with Crippen LogP contribution in [0.3, 0.4) is 0 Å². The molecule has 47 heavy (non-hydrogen) atoms. The normalized spacial score (nSPS) is 17.8. The zero-order chi connectivity index (χ0) is 35.7. The summed E-state index contributed by atoms with van der Waals surface area (Å²) in [6.07, 6.45) is 19.8. The van der Waals surface area contributed by atoms with Crippen molar-refractivity contribution in [2.45, 2.75) is 158 Å². The van der Waals surface area contributed by atoms with E-state index in [1.807, 2.05) is 47.6 Å². The molecule has 9 heteroatoms. The number of allylic oxidation sites excluding steroid dienone is 2. The summed E-state index contributed by atoms with van der Waals surface area (Å²) in [6, 6.07) is 0. The summed E-state index contributed by atoms with van der Waals surface area (Å²) in [4.78, 5) is 22.0. The van der Waals surface area contributed by atoms with E-state index in [2.05, 4.69) is 40.4 Å². The van der Waals surface area contributed by atoms with Gasteiger partial charge in [-0.2, -0.15) is 18.2 Å². The van der Waals surface area contributed by atoms with Crippen LogP contribution >= 0.6 is 0 Å². The molecule has 1 amide bonds. The van der Waals surface area contributed by atoms with Crippen LogP contribution in [0.1, 0.15) is 157 Å². The van der Waals surface area contributed by atoms with Crippen LogP contribution in [0.25, 0.3) is 0 Å². The first-order valence-corrected chi connectivity index (χ1v) is 18.5. The van der Waals surface area contributed by atoms with Crippen molar-refractivity contribution < 1.29 is 18.0 Å². The summed E-state index contributed by atoms with van der Waals surface area (Å²) in [5, 5.41) is 5.96. The lowest BCUT2D eigenvalue weighted by molar-refractivity contribution is -0.137. The molecule has 2 aliphatic heterocycles. The average molecular weight is 666 g/mol. The van der Waals surface area contributed by atoms with E-state index in [0.29, 0.717) is 32.5 Å². The van der Waals surface area contributed by atoms with Crippen LogP contribution in [0.15, 0.2) is 18.0 Å². The van der Waals surface area contributed by atoms with E-state index >= 15 is 0 Å². The molecule has 4 rings (SSSR count). The number of amides is 1. The maximum atomic E-state index is 13.6. The predicted octanol–water partition coefficient (Wildman–Crippen LogP) is 10.9. The highest BCUT2D eigenvalue weighted by molar-refractivity contribution is 5.85. The Balaban J connectivity index is 0.00000103. The lowest BCUT2D eigenvalue weighted by atomic mass is 9.77. The van der Waals surface area contributed by atoms with E-state index in [9.17, 15) is 18.0 Å². The number of carbonyl (C=O) groups excluding carboxylic acids is 1. The Kier molecular flexibility index (Phi) is 23.8. The SMILES string of the molecule is C#CCC.CC.CC.CC1CCCCCCC1.CCC/C=C(\CCC)Nc1ncc(C(F)(F)F)c(N2CCC3(CCNC3=O)CC2)n1. The summed E-state index contributed by atoms with van der Waals surface area (Å²) in [7, 11) is 0. The molecule has 6 nitrogen and oxygen atoms in total. The van der Waals surface area contributed by atoms with E-state index in [0.717, 1.165) is 56.3 Å². The van der Waals surface area contributed by atoms with E-state index < -0.39 is 17.2 Å². The van der Waals surface area contributed by atoms with Gasteiger partial charge in [-0.05, 0) is 38.0 Å². The number of halogens is 3. The summed E-state index contributed by atoms with van der Waals surface area (Å²) < 4.78 is 40.9. The van der Waals surface area contributed by atoms with Gasteiger partial charge >= 0.3 is 6.18 Å². The largest absolute Gasteiger partial charge is 0.421 e. The second-order valence-electron chi connectivity index (χ2n) is 12.1. The minimum atomic E-state index is -4.54. The standard InChI is InChI=1S/C21H30F3N5O.C9H18.C4H6.2C2H6/c1-3-5-7-15(6-4-2)27-19-26-14-16(21(22,23)24)17(28-19)29-12-9-20(10-13-29)8-11-25-18(20)30;1-9-7-5-3-2-4-6-8-9;1-3-4-2;2*1-2/h7,14H,3-6,8-13H2,1-2H3,(H,25,30)(H,26,27,28);9H,2-8H2,1H3;1H,4H2,2H3;2*1-2H3/b15-7+;;;;. The molecule has 3 aliphatic rings. The number of nitrogens with zero attached hydrogens (tertiary/aromatic N) is 3. The van der Waals surface area contributed by atoms with E-state index in [1.165, 1.54) is 44.9 Å². The monoisotopic (exact) mass is 666 g/mol. The highest BCUT2D eigenvalue weighted by Crippen LogP contribution is 2.42. The quantitative estimate of drug-likeness (QED) is 0.284. The predicted molar refractivity (Wildman–Crippen MR) is 193 cm³/mol. The summed E-state index contributed by atoms with van der Waals surface area (Å²) in [5.41, 5.74) is -0.361. The number of rotatable bonds is 7. The van der Waals surface area contributed by atoms with Gasteiger partial charge in [-0.1, -0.05) is 119 Å². The average Bonchev–Trinajstić information content (AvgIpc) is 3.42. The van der Waals surface area contributed by atoms with Crippen LogP contribution in [0.2, 0.25) is 0 Å². The van der Waals surface area contributed by atoms with Gasteiger partial charge < -0.3 is 15.5 Å². The maximum absolute atomic E-state index is 13.6. The van der Waals surface area contributed by atoms with Crippen molar-refractivity contribution in [3.63, 3.8) is 0 Å². The minimum absolute atomic E-state index is 0.0218. The van der Waals surface area contributed by atoms with Gasteiger partial charge in [0.25, 0.3) is 0 Å². The van der Waals surface area contributed by atoms with E-state index in [1.54, 1.807) is 4.90 Å². The molecule has 3 heterocycles. The number of aromatic nitrogens is 2. The number of unbranched alkanes of at least 4 members (excludes halogenated alkanes) is 1. The fourth-order valence-corrected chi connectivity index (χ4v) is 5.82. The van der Waals surface area contributed by atoms with E-state index in [-0.39, 0.29) is 17.7 Å². The number of alkyl halides is 3. The first kappa shape index (κ1) is 44.2. The highest BCUT2D eigenvalue weighted by atomic mass is 19.4. The molecule has 2 N–H and O–H groups in total. The number of terminal acetylenes is 1. The zero-order valence-corrected chi connectivity index (χ0v) is 30.9. The number of anilines is 2. The molecule has 1 saturated carbocycles. The van der Waals surface area contributed by atoms with Crippen molar-refractivity contribution in [2.24, 2.45) is 11.3 Å². The Morgan fingerprint density at radius 2 is 1.62 bits per heavy atom. The van der Waals surface area contributed by atoms with Crippen molar-refractivity contribution in [3.8, 4) is 12.3 Å². The molecule has 1 spiro atoms. The minimum Gasteiger partial charge on any atom is -0.356 e. The Labute approximate surface area is 285 Å². The van der Waals surface area contributed by atoms with Crippen molar-refractivity contribution in [1.29, 1.82) is 0 Å². The maximum Gasteiger partial charge on any atom is 0.421 e. The molecule has 0 bridgehead atoms. The van der Waals surface area contributed by atoms with Crippen LogP contribution in [-0.2, 0) is 11.0 Å². The molecule has 1 aromatic heterocycles. The van der Waals surface area contributed by atoms with Crippen molar-refractivity contribution in [3.05, 3.63) is 23.5 Å². The topological polar surface area (TPSA) is 70.2 Å². The van der Waals surface area contributed by atoms with E-state index in [4.69, 9.17) is 6.42 Å². The van der Waals surface area contributed by atoms with Crippen molar-refractivity contribution in [1.82, 2.24) is 15.3 Å². The van der Waals surface area contributed by atoms with Crippen LogP contribution in [-0.4, -0.2) is 35.5 Å². The van der Waals surface area contributed by atoms with Gasteiger partial charge in [0.1, 0.15) is 11.4 Å². The van der Waals surface area contributed by atoms with Crippen LogP contribution in [0, 0.1) is 23.7 Å². The van der Waals surface area contributed by atoms with Crippen LogP contribution < -0.4 is 15.5 Å². The number of piperidine rings is 1. The molecule has 1 aromatic rings. The highest BCUT2D eigenvalue weighted by Gasteiger charge is 2.46. The van der Waals surface area contributed by atoms with Gasteiger partial charge in [0.15, 0.2) is 0 Å². The first-order chi connectivity index (χ1) is 22.6. The lowest BCUT2D eigenvalue weighted by Crippen LogP contribution is -2.44. The summed E-state index contributed by atoms with van der Waals surface area (Å²) in [6.45, 7) is 17.8. The molecule has 2 saturated heterocycles. The Morgan fingerprint density at radius 3 is 2.09 bits per heavy atom. The second kappa shape index (κ2) is 25.3. The Morgan fingerprint density at radius 1 is 1.04 bits per heavy atom. The van der Waals surface area contributed by atoms with Gasteiger partial charge in [-0.3, -0.25) is 4.79 Å². The van der Waals surface area contributed by atoms with Gasteiger partial charge in [0.2, 0.25) is 11.9 Å². The molecule has 0 atom stereocenters. The molecule has 1 aliphatic carbocycles. The molecule has 3 fully saturated rings. The number of hydrogen-bond acceptors (Lipinski definition) is 5. The molecule has 0 radical (unpaired) electrons. The third kappa shape index (κ3) is 16.3. The molecule has 0 unspecified atom stereocenters. The van der Waals surface area contributed by atoms with Crippen molar-refractivity contribution >= 4 is 17.7 Å². The van der Waals surface area contributed by atoms with Gasteiger partial charge in [-0.25, -0.2) is 4.98 Å². The molecule has 270 valence electrons. The second-order valence-corrected chi connectivity index (χ2v) is 12.1. The third-order valence-corrected chi connectivity index (χ3v) is 8.53. The number of hydrogen-bond donors (Lipinski definition) is 2. The van der Waals surface area contributed by atoms with Crippen molar-refractivity contribution in [2.75, 3.05) is 29.9 Å². The fraction of sp³-hybridized carbons (Fsp3) is 0.763. The number of nitrogens with one attached hydrogen (secondary N) is 2. The van der Waals surface area contributed by atoms with Crippen LogP contribution in [0.4, 0.5) is 24.9 Å². The van der Waals surface area contributed by atoms with Gasteiger partial charge in [-0.15, -0.1) is 12.3 Å². The fourth-order valence-electron chi connectivity index (χ4n) is 5.82. The Bertz CT molecular complexity index is 1030. The van der Waals surface area contributed by atoms with Gasteiger partial charge in [0.05, 0.1) is 5.41 Å². The zero-order valence-electron chi connectivity index (χ0n) is 30.9. The smallest absolute Gasteiger partial charge is 0.356 e.